The van der Waals surface area contributed by atoms with Crippen molar-refractivity contribution in [1.82, 2.24) is 9.55 Å². The van der Waals surface area contributed by atoms with Crippen molar-refractivity contribution < 1.29 is 9.84 Å². The normalized spacial score (nSPS) is 11.0. The minimum absolute atomic E-state index is 0.00678. The summed E-state index contributed by atoms with van der Waals surface area (Å²) in [5.41, 5.74) is 2.60. The highest BCUT2D eigenvalue weighted by molar-refractivity contribution is 6.42. The van der Waals surface area contributed by atoms with E-state index in [1.807, 2.05) is 28.8 Å². The largest absolute Gasteiger partial charge is 0.491 e. The van der Waals surface area contributed by atoms with Crippen LogP contribution in [0.1, 0.15) is 0 Å². The third-order valence-electron chi connectivity index (χ3n) is 3.06. The first-order valence-electron chi connectivity index (χ1n) is 6.35. The van der Waals surface area contributed by atoms with E-state index in [0.29, 0.717) is 15.8 Å². The number of nitrogens with zero attached hydrogens (tertiary/aromatic N) is 2. The van der Waals surface area contributed by atoms with Crippen molar-refractivity contribution in [3.8, 4) is 11.4 Å². The van der Waals surface area contributed by atoms with E-state index in [9.17, 15) is 0 Å². The fourth-order valence-electron chi connectivity index (χ4n) is 2.08. The fraction of sp³-hybridized carbons (Fsp3) is 0.133. The second-order valence-electron chi connectivity index (χ2n) is 4.44. The Morgan fingerprint density at radius 1 is 1.10 bits per heavy atom. The average Bonchev–Trinajstić information content (AvgIpc) is 2.89. The van der Waals surface area contributed by atoms with Crippen molar-refractivity contribution in [2.24, 2.45) is 0 Å². The number of aliphatic hydroxyl groups excluding tert-OH is 1. The number of ether oxygens (including phenoxy) is 1. The molecule has 0 amide bonds. The van der Waals surface area contributed by atoms with Crippen LogP contribution < -0.4 is 4.74 Å². The Morgan fingerprint density at radius 3 is 2.52 bits per heavy atom. The van der Waals surface area contributed by atoms with E-state index in [1.165, 1.54) is 0 Å². The number of rotatable bonds is 4. The summed E-state index contributed by atoms with van der Waals surface area (Å²) in [6.07, 6.45) is 1.72. The van der Waals surface area contributed by atoms with Crippen LogP contribution in [0, 0.1) is 0 Å². The van der Waals surface area contributed by atoms with E-state index in [4.69, 9.17) is 33.0 Å². The summed E-state index contributed by atoms with van der Waals surface area (Å²) in [4.78, 5) is 4.32. The Morgan fingerprint density at radius 2 is 1.81 bits per heavy atom. The molecule has 0 aliphatic heterocycles. The van der Waals surface area contributed by atoms with Gasteiger partial charge in [-0.2, -0.15) is 0 Å². The van der Waals surface area contributed by atoms with Gasteiger partial charge in [0.1, 0.15) is 18.7 Å². The lowest BCUT2D eigenvalue weighted by Crippen LogP contribution is -2.01. The van der Waals surface area contributed by atoms with E-state index in [-0.39, 0.29) is 13.2 Å². The first-order chi connectivity index (χ1) is 10.2. The van der Waals surface area contributed by atoms with Gasteiger partial charge in [0.05, 0.1) is 27.7 Å². The minimum atomic E-state index is -0.00678. The van der Waals surface area contributed by atoms with Gasteiger partial charge < -0.3 is 9.84 Å². The zero-order valence-electron chi connectivity index (χ0n) is 11.0. The predicted molar refractivity (Wildman–Crippen MR) is 83.7 cm³/mol. The quantitative estimate of drug-likeness (QED) is 0.796. The monoisotopic (exact) mass is 322 g/mol. The van der Waals surface area contributed by atoms with Crippen LogP contribution in [-0.4, -0.2) is 27.9 Å². The molecule has 2 aromatic carbocycles. The highest BCUT2D eigenvalue weighted by atomic mass is 35.5. The van der Waals surface area contributed by atoms with Crippen LogP contribution in [0.2, 0.25) is 10.0 Å². The van der Waals surface area contributed by atoms with Crippen molar-refractivity contribution in [1.29, 1.82) is 0 Å². The standard InChI is InChI=1S/C15H12Cl2N2O2/c16-12-7-14-15(8-13(12)17)19(9-18-14)10-1-3-11(4-2-10)21-6-5-20/h1-4,7-9,20H,5-6H2. The highest BCUT2D eigenvalue weighted by Gasteiger charge is 2.08. The molecule has 0 spiro atoms. The number of fused-ring (bicyclic) bond motifs is 1. The molecule has 0 fully saturated rings. The molecule has 0 aliphatic rings. The Balaban J connectivity index is 1.98. The van der Waals surface area contributed by atoms with Crippen LogP contribution in [0.3, 0.4) is 0 Å². The summed E-state index contributed by atoms with van der Waals surface area (Å²) in [7, 11) is 0. The average molecular weight is 323 g/mol. The lowest BCUT2D eigenvalue weighted by Gasteiger charge is -2.07. The van der Waals surface area contributed by atoms with Gasteiger partial charge in [0, 0.05) is 5.69 Å². The molecule has 4 nitrogen and oxygen atoms in total. The number of aliphatic hydroxyl groups is 1. The van der Waals surface area contributed by atoms with E-state index >= 15 is 0 Å². The van der Waals surface area contributed by atoms with Gasteiger partial charge in [0.15, 0.2) is 0 Å². The smallest absolute Gasteiger partial charge is 0.119 e. The zero-order valence-corrected chi connectivity index (χ0v) is 12.5. The Labute approximate surface area is 131 Å². The number of imidazole rings is 1. The lowest BCUT2D eigenvalue weighted by molar-refractivity contribution is 0.201. The molecule has 3 aromatic rings. The third kappa shape index (κ3) is 2.83. The van der Waals surface area contributed by atoms with E-state index < -0.39 is 0 Å². The molecule has 0 saturated heterocycles. The van der Waals surface area contributed by atoms with Gasteiger partial charge >= 0.3 is 0 Å². The van der Waals surface area contributed by atoms with E-state index in [0.717, 1.165) is 16.7 Å². The van der Waals surface area contributed by atoms with Gasteiger partial charge in [0.25, 0.3) is 0 Å². The van der Waals surface area contributed by atoms with Gasteiger partial charge in [-0.05, 0) is 36.4 Å². The SMILES string of the molecule is OCCOc1ccc(-n2cnc3cc(Cl)c(Cl)cc32)cc1. The Hall–Kier alpha value is -1.75. The molecule has 0 bridgehead atoms. The molecule has 108 valence electrons. The fourth-order valence-corrected chi connectivity index (χ4v) is 2.39. The predicted octanol–water partition coefficient (Wildman–Crippen LogP) is 3.70. The van der Waals surface area contributed by atoms with E-state index in [2.05, 4.69) is 4.98 Å². The van der Waals surface area contributed by atoms with Crippen LogP contribution in [0.4, 0.5) is 0 Å². The molecule has 1 N–H and O–H groups in total. The van der Waals surface area contributed by atoms with Crippen LogP contribution in [0.25, 0.3) is 16.7 Å². The van der Waals surface area contributed by atoms with E-state index in [1.54, 1.807) is 18.5 Å². The van der Waals surface area contributed by atoms with Crippen molar-refractivity contribution in [3.05, 3.63) is 52.8 Å². The molecule has 3 rings (SSSR count). The maximum absolute atomic E-state index is 8.74. The molecular weight excluding hydrogens is 311 g/mol. The van der Waals surface area contributed by atoms with Gasteiger partial charge in [-0.3, -0.25) is 4.57 Å². The Kier molecular flexibility index (Phi) is 4.01. The first-order valence-corrected chi connectivity index (χ1v) is 7.11. The summed E-state index contributed by atoms with van der Waals surface area (Å²) in [5, 5.41) is 9.72. The third-order valence-corrected chi connectivity index (χ3v) is 3.79. The summed E-state index contributed by atoms with van der Waals surface area (Å²) in [6.45, 7) is 0.272. The van der Waals surface area contributed by atoms with Crippen LogP contribution in [-0.2, 0) is 0 Å². The maximum Gasteiger partial charge on any atom is 0.119 e. The number of halogens is 2. The molecule has 6 heteroatoms. The second-order valence-corrected chi connectivity index (χ2v) is 5.25. The number of benzene rings is 2. The van der Waals surface area contributed by atoms with Crippen molar-refractivity contribution >= 4 is 34.2 Å². The number of aromatic nitrogens is 2. The highest BCUT2D eigenvalue weighted by Crippen LogP contribution is 2.29. The van der Waals surface area contributed by atoms with Gasteiger partial charge in [0.2, 0.25) is 0 Å². The first kappa shape index (κ1) is 14.2. The van der Waals surface area contributed by atoms with Crippen LogP contribution in [0.5, 0.6) is 5.75 Å². The minimum Gasteiger partial charge on any atom is -0.491 e. The summed E-state index contributed by atoms with van der Waals surface area (Å²) in [5.74, 6) is 0.707. The molecule has 1 aromatic heterocycles. The van der Waals surface area contributed by atoms with Gasteiger partial charge in [-0.1, -0.05) is 23.2 Å². The number of hydrogen-bond donors (Lipinski definition) is 1. The second kappa shape index (κ2) is 5.93. The molecule has 21 heavy (non-hydrogen) atoms. The van der Waals surface area contributed by atoms with Crippen molar-refractivity contribution in [3.63, 3.8) is 0 Å². The molecule has 0 radical (unpaired) electrons. The number of hydrogen-bond acceptors (Lipinski definition) is 3. The van der Waals surface area contributed by atoms with Crippen molar-refractivity contribution in [2.75, 3.05) is 13.2 Å². The molecular formula is C15H12Cl2N2O2. The molecule has 0 atom stereocenters. The van der Waals surface area contributed by atoms with Crippen molar-refractivity contribution in [2.45, 2.75) is 0 Å². The van der Waals surface area contributed by atoms with Crippen LogP contribution >= 0.6 is 23.2 Å². The molecule has 0 saturated carbocycles. The molecule has 0 unspecified atom stereocenters. The maximum atomic E-state index is 8.74. The summed E-state index contributed by atoms with van der Waals surface area (Å²) in [6, 6.07) is 11.0. The topological polar surface area (TPSA) is 47.3 Å². The zero-order chi connectivity index (χ0) is 14.8. The van der Waals surface area contributed by atoms with Crippen LogP contribution in [0.15, 0.2) is 42.7 Å². The van der Waals surface area contributed by atoms with Gasteiger partial charge in [-0.25, -0.2) is 4.98 Å². The Bertz CT molecular complexity index is 769. The summed E-state index contributed by atoms with van der Waals surface area (Å²) < 4.78 is 7.26. The molecule has 1 heterocycles. The lowest BCUT2D eigenvalue weighted by atomic mass is 10.2. The summed E-state index contributed by atoms with van der Waals surface area (Å²) >= 11 is 12.1. The molecule has 0 aliphatic carbocycles. The van der Waals surface area contributed by atoms with Gasteiger partial charge in [-0.15, -0.1) is 0 Å².